The minimum Gasteiger partial charge on any atom is -0.376 e. The molecule has 1 aliphatic rings. The standard InChI is InChI=1S/C13H19N3O3S2/c1-9(12-3-2-8-19-12)15-13(20)16-10-4-6-11(7-5-10)21(14,17)18/h4-7,9,12H,2-3,8H2,1H3,(H2,14,17,18)(H2,15,16,20)/t9-,12+/m0/s1. The first-order valence-electron chi connectivity index (χ1n) is 6.68. The third-order valence-corrected chi connectivity index (χ3v) is 4.47. The lowest BCUT2D eigenvalue weighted by atomic mass is 10.1. The molecule has 0 aromatic heterocycles. The molecular formula is C13H19N3O3S2. The highest BCUT2D eigenvalue weighted by Gasteiger charge is 2.22. The van der Waals surface area contributed by atoms with E-state index in [9.17, 15) is 8.42 Å². The fourth-order valence-electron chi connectivity index (χ4n) is 2.19. The summed E-state index contributed by atoms with van der Waals surface area (Å²) in [5, 5.41) is 11.7. The van der Waals surface area contributed by atoms with E-state index in [4.69, 9.17) is 22.1 Å². The van der Waals surface area contributed by atoms with Gasteiger partial charge in [-0.2, -0.15) is 0 Å². The van der Waals surface area contributed by atoms with Crippen LogP contribution in [0.1, 0.15) is 19.8 Å². The van der Waals surface area contributed by atoms with E-state index in [0.29, 0.717) is 10.8 Å². The van der Waals surface area contributed by atoms with Gasteiger partial charge in [-0.05, 0) is 56.2 Å². The highest BCUT2D eigenvalue weighted by atomic mass is 32.2. The summed E-state index contributed by atoms with van der Waals surface area (Å²) in [6.45, 7) is 2.82. The van der Waals surface area contributed by atoms with Crippen molar-refractivity contribution in [1.82, 2.24) is 5.32 Å². The van der Waals surface area contributed by atoms with Gasteiger partial charge in [0.1, 0.15) is 0 Å². The quantitative estimate of drug-likeness (QED) is 0.719. The zero-order valence-corrected chi connectivity index (χ0v) is 13.3. The predicted molar refractivity (Wildman–Crippen MR) is 85.6 cm³/mol. The molecule has 4 N–H and O–H groups in total. The van der Waals surface area contributed by atoms with Crippen LogP contribution in [0.15, 0.2) is 29.2 Å². The Morgan fingerprint density at radius 2 is 2.10 bits per heavy atom. The van der Waals surface area contributed by atoms with Gasteiger partial charge in [0.2, 0.25) is 10.0 Å². The van der Waals surface area contributed by atoms with Crippen LogP contribution in [0.3, 0.4) is 0 Å². The molecule has 8 heteroatoms. The zero-order chi connectivity index (χ0) is 15.5. The second kappa shape index (κ2) is 6.69. The van der Waals surface area contributed by atoms with Gasteiger partial charge in [0.25, 0.3) is 0 Å². The minimum absolute atomic E-state index is 0.0691. The van der Waals surface area contributed by atoms with Crippen LogP contribution in [0.2, 0.25) is 0 Å². The largest absolute Gasteiger partial charge is 0.376 e. The molecule has 2 rings (SSSR count). The van der Waals surface area contributed by atoms with Crippen LogP contribution < -0.4 is 15.8 Å². The van der Waals surface area contributed by atoms with Gasteiger partial charge in [0, 0.05) is 12.3 Å². The summed E-state index contributed by atoms with van der Waals surface area (Å²) in [6.07, 6.45) is 2.28. The Morgan fingerprint density at radius 1 is 1.43 bits per heavy atom. The number of nitrogens with one attached hydrogen (secondary N) is 2. The van der Waals surface area contributed by atoms with E-state index >= 15 is 0 Å². The molecule has 0 saturated carbocycles. The number of thiocarbonyl (C=S) groups is 1. The van der Waals surface area contributed by atoms with Crippen LogP contribution in [0.4, 0.5) is 5.69 Å². The van der Waals surface area contributed by atoms with Crippen molar-refractivity contribution in [2.75, 3.05) is 11.9 Å². The topological polar surface area (TPSA) is 93.5 Å². The Bertz CT molecular complexity index is 596. The molecule has 6 nitrogen and oxygen atoms in total. The van der Waals surface area contributed by atoms with Gasteiger partial charge in [-0.3, -0.25) is 0 Å². The van der Waals surface area contributed by atoms with Crippen molar-refractivity contribution in [3.8, 4) is 0 Å². The lowest BCUT2D eigenvalue weighted by Gasteiger charge is -2.22. The average molecular weight is 329 g/mol. The van der Waals surface area contributed by atoms with Crippen LogP contribution in [0.25, 0.3) is 0 Å². The molecule has 1 saturated heterocycles. The summed E-state index contributed by atoms with van der Waals surface area (Å²) >= 11 is 5.23. The molecule has 1 fully saturated rings. The molecule has 116 valence electrons. The van der Waals surface area contributed by atoms with E-state index in [1.54, 1.807) is 12.1 Å². The lowest BCUT2D eigenvalue weighted by molar-refractivity contribution is 0.0895. The monoisotopic (exact) mass is 329 g/mol. The molecule has 0 radical (unpaired) electrons. The molecule has 0 amide bonds. The number of sulfonamides is 1. The molecular weight excluding hydrogens is 310 g/mol. The van der Waals surface area contributed by atoms with Crippen LogP contribution in [0.5, 0.6) is 0 Å². The van der Waals surface area contributed by atoms with Gasteiger partial charge in [0.05, 0.1) is 17.0 Å². The number of benzene rings is 1. The number of hydrogen-bond acceptors (Lipinski definition) is 4. The molecule has 1 heterocycles. The third kappa shape index (κ3) is 4.63. The van der Waals surface area contributed by atoms with Gasteiger partial charge >= 0.3 is 0 Å². The highest BCUT2D eigenvalue weighted by Crippen LogP contribution is 2.16. The SMILES string of the molecule is C[C@H](NC(=S)Nc1ccc(S(N)(=O)=O)cc1)[C@H]1CCCO1. The molecule has 0 spiro atoms. The molecule has 1 aromatic carbocycles. The van der Waals surface area contributed by atoms with Crippen molar-refractivity contribution < 1.29 is 13.2 Å². The van der Waals surface area contributed by atoms with Crippen LogP contribution >= 0.6 is 12.2 Å². The van der Waals surface area contributed by atoms with Gasteiger partial charge < -0.3 is 15.4 Å². The Hall–Kier alpha value is -1.22. The van der Waals surface area contributed by atoms with Crippen molar-refractivity contribution in [3.63, 3.8) is 0 Å². The number of primary sulfonamides is 1. The third-order valence-electron chi connectivity index (χ3n) is 3.32. The molecule has 0 bridgehead atoms. The van der Waals surface area contributed by atoms with Crippen molar-refractivity contribution in [2.24, 2.45) is 5.14 Å². The number of hydrogen-bond donors (Lipinski definition) is 3. The first kappa shape index (κ1) is 16.2. The highest BCUT2D eigenvalue weighted by molar-refractivity contribution is 7.89. The second-order valence-corrected chi connectivity index (χ2v) is 6.98. The van der Waals surface area contributed by atoms with Gasteiger partial charge in [-0.25, -0.2) is 13.6 Å². The summed E-state index contributed by atoms with van der Waals surface area (Å²) in [6, 6.07) is 6.22. The first-order valence-corrected chi connectivity index (χ1v) is 8.64. The maximum Gasteiger partial charge on any atom is 0.238 e. The Balaban J connectivity index is 1.90. The number of ether oxygens (including phenoxy) is 1. The molecule has 1 aromatic rings. The Morgan fingerprint density at radius 3 is 2.62 bits per heavy atom. The lowest BCUT2D eigenvalue weighted by Crippen LogP contribution is -2.42. The van der Waals surface area contributed by atoms with E-state index in [1.165, 1.54) is 12.1 Å². The molecule has 1 aliphatic heterocycles. The molecule has 0 aliphatic carbocycles. The minimum atomic E-state index is -3.67. The van der Waals surface area contributed by atoms with E-state index in [1.807, 2.05) is 6.92 Å². The van der Waals surface area contributed by atoms with Crippen molar-refractivity contribution in [1.29, 1.82) is 0 Å². The number of rotatable bonds is 4. The van der Waals surface area contributed by atoms with E-state index in [0.717, 1.165) is 19.4 Å². The summed E-state index contributed by atoms with van der Waals surface area (Å²) < 4.78 is 27.9. The molecule has 21 heavy (non-hydrogen) atoms. The Kier molecular flexibility index (Phi) is 5.15. The smallest absolute Gasteiger partial charge is 0.238 e. The maximum absolute atomic E-state index is 11.2. The van der Waals surface area contributed by atoms with E-state index in [-0.39, 0.29) is 17.0 Å². The van der Waals surface area contributed by atoms with Gasteiger partial charge in [-0.15, -0.1) is 0 Å². The first-order chi connectivity index (χ1) is 9.86. The fraction of sp³-hybridized carbons (Fsp3) is 0.462. The fourth-order valence-corrected chi connectivity index (χ4v) is 3.01. The van der Waals surface area contributed by atoms with Gasteiger partial charge in [0.15, 0.2) is 5.11 Å². The van der Waals surface area contributed by atoms with Gasteiger partial charge in [-0.1, -0.05) is 0 Å². The normalized spacial score (nSPS) is 20.0. The maximum atomic E-state index is 11.2. The van der Waals surface area contributed by atoms with Crippen LogP contribution in [-0.2, 0) is 14.8 Å². The Labute approximate surface area is 130 Å². The van der Waals surface area contributed by atoms with Crippen LogP contribution in [-0.4, -0.2) is 32.3 Å². The van der Waals surface area contributed by atoms with Crippen molar-refractivity contribution in [3.05, 3.63) is 24.3 Å². The van der Waals surface area contributed by atoms with Crippen molar-refractivity contribution >= 4 is 33.0 Å². The summed E-state index contributed by atoms with van der Waals surface area (Å²) in [4.78, 5) is 0.0691. The van der Waals surface area contributed by atoms with Crippen molar-refractivity contribution in [2.45, 2.75) is 36.8 Å². The second-order valence-electron chi connectivity index (χ2n) is 5.01. The average Bonchev–Trinajstić information content (AvgIpc) is 2.92. The summed E-state index contributed by atoms with van der Waals surface area (Å²) in [5.74, 6) is 0. The number of anilines is 1. The summed E-state index contributed by atoms with van der Waals surface area (Å²) in [7, 11) is -3.67. The van der Waals surface area contributed by atoms with E-state index < -0.39 is 10.0 Å². The summed E-state index contributed by atoms with van der Waals surface area (Å²) in [5.41, 5.74) is 0.694. The molecule has 0 unspecified atom stereocenters. The van der Waals surface area contributed by atoms with Crippen LogP contribution in [0, 0.1) is 0 Å². The number of nitrogens with two attached hydrogens (primary N) is 1. The predicted octanol–water partition coefficient (Wildman–Crippen LogP) is 1.19. The van der Waals surface area contributed by atoms with E-state index in [2.05, 4.69) is 10.6 Å². The molecule has 2 atom stereocenters. The zero-order valence-electron chi connectivity index (χ0n) is 11.7.